The molecule has 2 aromatic heterocycles. The first-order valence-corrected chi connectivity index (χ1v) is 9.57. The summed E-state index contributed by atoms with van der Waals surface area (Å²) in [5, 5.41) is 3.95. The summed E-state index contributed by atoms with van der Waals surface area (Å²) in [6, 6.07) is 23.0. The highest BCUT2D eigenvalue weighted by Gasteiger charge is 2.22. The zero-order valence-electron chi connectivity index (χ0n) is 16.5. The molecule has 30 heavy (non-hydrogen) atoms. The van der Waals surface area contributed by atoms with Crippen LogP contribution in [0.4, 0.5) is 4.39 Å². The molecule has 0 unspecified atom stereocenters. The fourth-order valence-electron chi connectivity index (χ4n) is 3.20. The van der Waals surface area contributed by atoms with Gasteiger partial charge in [0.25, 0.3) is 5.91 Å². The first kappa shape index (κ1) is 19.5. The average molecular weight is 401 g/mol. The molecule has 0 fully saturated rings. The standard InChI is InChI=1S/C24H20FN3O2/c1-17-7-5-12-21(26-17)16-28(15-18-8-3-2-4-9-18)24(29)23-14-22(27-30-23)19-10-6-11-20(25)13-19/h2-14H,15-16H2,1H3. The molecule has 0 aliphatic rings. The van der Waals surface area contributed by atoms with Crippen molar-refractivity contribution < 1.29 is 13.7 Å². The number of aryl methyl sites for hydroxylation is 1. The Bertz CT molecular complexity index is 1160. The Labute approximate surface area is 173 Å². The van der Waals surface area contributed by atoms with Gasteiger partial charge in [0.05, 0.1) is 12.2 Å². The third-order valence-electron chi connectivity index (χ3n) is 4.64. The van der Waals surface area contributed by atoms with Crippen LogP contribution in [0.3, 0.4) is 0 Å². The highest BCUT2D eigenvalue weighted by molar-refractivity contribution is 5.92. The van der Waals surface area contributed by atoms with E-state index in [-0.39, 0.29) is 17.5 Å². The van der Waals surface area contributed by atoms with Crippen LogP contribution in [0.2, 0.25) is 0 Å². The Kier molecular flexibility index (Phi) is 5.66. The van der Waals surface area contributed by atoms with E-state index in [1.54, 1.807) is 23.1 Å². The van der Waals surface area contributed by atoms with Gasteiger partial charge in [-0.25, -0.2) is 4.39 Å². The van der Waals surface area contributed by atoms with E-state index in [1.807, 2.05) is 55.5 Å². The van der Waals surface area contributed by atoms with Gasteiger partial charge in [-0.1, -0.05) is 53.7 Å². The Morgan fingerprint density at radius 3 is 2.53 bits per heavy atom. The second-order valence-electron chi connectivity index (χ2n) is 7.00. The summed E-state index contributed by atoms with van der Waals surface area (Å²) in [6.45, 7) is 2.63. The summed E-state index contributed by atoms with van der Waals surface area (Å²) in [4.78, 5) is 19.4. The molecule has 0 saturated heterocycles. The van der Waals surface area contributed by atoms with Crippen LogP contribution < -0.4 is 0 Å². The zero-order valence-corrected chi connectivity index (χ0v) is 16.5. The van der Waals surface area contributed by atoms with Crippen LogP contribution in [0.15, 0.2) is 83.4 Å². The van der Waals surface area contributed by atoms with E-state index in [0.717, 1.165) is 17.0 Å². The van der Waals surface area contributed by atoms with Gasteiger partial charge in [0.15, 0.2) is 0 Å². The minimum atomic E-state index is -0.375. The van der Waals surface area contributed by atoms with E-state index in [1.165, 1.54) is 12.1 Å². The number of halogens is 1. The molecule has 4 rings (SSSR count). The lowest BCUT2D eigenvalue weighted by Gasteiger charge is -2.21. The van der Waals surface area contributed by atoms with Crippen molar-refractivity contribution >= 4 is 5.91 Å². The van der Waals surface area contributed by atoms with Crippen molar-refractivity contribution in [1.82, 2.24) is 15.0 Å². The maximum Gasteiger partial charge on any atom is 0.293 e. The molecule has 0 aliphatic carbocycles. The molecule has 0 atom stereocenters. The van der Waals surface area contributed by atoms with Gasteiger partial charge in [-0.2, -0.15) is 0 Å². The van der Waals surface area contributed by atoms with Crippen molar-refractivity contribution in [2.75, 3.05) is 0 Å². The van der Waals surface area contributed by atoms with E-state index < -0.39 is 0 Å². The highest BCUT2D eigenvalue weighted by atomic mass is 19.1. The summed E-state index contributed by atoms with van der Waals surface area (Å²) in [5.74, 6) is -0.588. The molecule has 0 N–H and O–H groups in total. The Hall–Kier alpha value is -3.80. The second kappa shape index (κ2) is 8.69. The maximum atomic E-state index is 13.5. The number of aromatic nitrogens is 2. The molecule has 150 valence electrons. The number of carbonyl (C=O) groups is 1. The van der Waals surface area contributed by atoms with E-state index in [4.69, 9.17) is 4.52 Å². The smallest absolute Gasteiger partial charge is 0.293 e. The van der Waals surface area contributed by atoms with Gasteiger partial charge in [-0.3, -0.25) is 9.78 Å². The topological polar surface area (TPSA) is 59.2 Å². The number of carbonyl (C=O) groups excluding carboxylic acids is 1. The monoisotopic (exact) mass is 401 g/mol. The van der Waals surface area contributed by atoms with Gasteiger partial charge in [0, 0.05) is 23.9 Å². The molecule has 1 amide bonds. The van der Waals surface area contributed by atoms with Crippen LogP contribution >= 0.6 is 0 Å². The summed E-state index contributed by atoms with van der Waals surface area (Å²) in [6.07, 6.45) is 0. The van der Waals surface area contributed by atoms with Crippen molar-refractivity contribution in [2.24, 2.45) is 0 Å². The molecule has 6 heteroatoms. The van der Waals surface area contributed by atoms with Crippen LogP contribution in [-0.2, 0) is 13.1 Å². The van der Waals surface area contributed by atoms with Gasteiger partial charge >= 0.3 is 0 Å². The minimum Gasteiger partial charge on any atom is -0.350 e. The van der Waals surface area contributed by atoms with Crippen molar-refractivity contribution in [1.29, 1.82) is 0 Å². The molecule has 2 aromatic carbocycles. The number of pyridine rings is 1. The molecule has 0 aliphatic heterocycles. The Morgan fingerprint density at radius 1 is 0.967 bits per heavy atom. The van der Waals surface area contributed by atoms with Gasteiger partial charge in [0.2, 0.25) is 5.76 Å². The first-order valence-electron chi connectivity index (χ1n) is 9.57. The third-order valence-corrected chi connectivity index (χ3v) is 4.64. The zero-order chi connectivity index (χ0) is 20.9. The van der Waals surface area contributed by atoms with Crippen LogP contribution in [0.25, 0.3) is 11.3 Å². The van der Waals surface area contributed by atoms with Crippen molar-refractivity contribution in [2.45, 2.75) is 20.0 Å². The Balaban J connectivity index is 1.61. The van der Waals surface area contributed by atoms with Gasteiger partial charge < -0.3 is 9.42 Å². The fourth-order valence-corrected chi connectivity index (χ4v) is 3.20. The number of hydrogen-bond donors (Lipinski definition) is 0. The summed E-state index contributed by atoms with van der Waals surface area (Å²) >= 11 is 0. The molecule has 0 radical (unpaired) electrons. The van der Waals surface area contributed by atoms with Crippen molar-refractivity contribution in [3.8, 4) is 11.3 Å². The van der Waals surface area contributed by atoms with E-state index in [2.05, 4.69) is 10.1 Å². The first-order chi connectivity index (χ1) is 14.6. The average Bonchev–Trinajstić information content (AvgIpc) is 3.24. The minimum absolute atomic E-state index is 0.0952. The van der Waals surface area contributed by atoms with Crippen LogP contribution in [0.1, 0.15) is 27.5 Å². The molecule has 5 nitrogen and oxygen atoms in total. The number of amides is 1. The SMILES string of the molecule is Cc1cccc(CN(Cc2ccccc2)C(=O)c2cc(-c3cccc(F)c3)no2)n1. The van der Waals surface area contributed by atoms with E-state index in [9.17, 15) is 9.18 Å². The predicted molar refractivity (Wildman–Crippen MR) is 111 cm³/mol. The lowest BCUT2D eigenvalue weighted by molar-refractivity contribution is 0.0685. The summed E-state index contributed by atoms with van der Waals surface area (Å²) < 4.78 is 18.8. The molecule has 4 aromatic rings. The Morgan fingerprint density at radius 2 is 1.77 bits per heavy atom. The second-order valence-corrected chi connectivity index (χ2v) is 7.00. The molecule has 2 heterocycles. The highest BCUT2D eigenvalue weighted by Crippen LogP contribution is 2.22. The third kappa shape index (κ3) is 4.60. The van der Waals surface area contributed by atoms with Gasteiger partial charge in [0.1, 0.15) is 11.5 Å². The van der Waals surface area contributed by atoms with Crippen molar-refractivity contribution in [3.63, 3.8) is 0 Å². The van der Waals surface area contributed by atoms with Crippen LogP contribution in [0, 0.1) is 12.7 Å². The summed E-state index contributed by atoms with van der Waals surface area (Å²) in [7, 11) is 0. The van der Waals surface area contributed by atoms with Crippen LogP contribution in [-0.4, -0.2) is 20.9 Å². The van der Waals surface area contributed by atoms with Gasteiger partial charge in [-0.15, -0.1) is 0 Å². The van der Waals surface area contributed by atoms with E-state index >= 15 is 0 Å². The molecule has 0 saturated carbocycles. The normalized spacial score (nSPS) is 10.7. The molecular formula is C24H20FN3O2. The van der Waals surface area contributed by atoms with E-state index in [0.29, 0.717) is 24.3 Å². The maximum absolute atomic E-state index is 13.5. The lowest BCUT2D eigenvalue weighted by Crippen LogP contribution is -2.30. The summed E-state index contributed by atoms with van der Waals surface area (Å²) in [5.41, 5.74) is 3.61. The van der Waals surface area contributed by atoms with Crippen LogP contribution in [0.5, 0.6) is 0 Å². The molecular weight excluding hydrogens is 381 g/mol. The number of rotatable bonds is 6. The quantitative estimate of drug-likeness (QED) is 0.455. The number of nitrogens with zero attached hydrogens (tertiary/aromatic N) is 3. The largest absolute Gasteiger partial charge is 0.350 e. The fraction of sp³-hybridized carbons (Fsp3) is 0.125. The molecule has 0 bridgehead atoms. The van der Waals surface area contributed by atoms with Crippen molar-refractivity contribution in [3.05, 3.63) is 107 Å². The van der Waals surface area contributed by atoms with Gasteiger partial charge in [-0.05, 0) is 36.8 Å². The number of hydrogen-bond acceptors (Lipinski definition) is 4. The lowest BCUT2D eigenvalue weighted by atomic mass is 10.1. The molecule has 0 spiro atoms. The number of benzene rings is 2. The predicted octanol–water partition coefficient (Wildman–Crippen LogP) is 5.03.